The lowest BCUT2D eigenvalue weighted by atomic mass is 9.79. The van der Waals surface area contributed by atoms with Crippen molar-refractivity contribution in [1.82, 2.24) is 19.4 Å². The van der Waals surface area contributed by atoms with E-state index in [2.05, 4.69) is 19.4 Å². The number of alkyl halides is 2. The summed E-state index contributed by atoms with van der Waals surface area (Å²) in [7, 11) is 0. The molecule has 6 nitrogen and oxygen atoms in total. The number of nitrogens with zero attached hydrogens (tertiary/aromatic N) is 4. The first-order valence-corrected chi connectivity index (χ1v) is 10.4. The van der Waals surface area contributed by atoms with Gasteiger partial charge in [0.15, 0.2) is 0 Å². The van der Waals surface area contributed by atoms with Gasteiger partial charge < -0.3 is 20.3 Å². The molecule has 5 rings (SSSR count). The fourth-order valence-corrected chi connectivity index (χ4v) is 4.78. The Bertz CT molecular complexity index is 1070. The first-order valence-electron chi connectivity index (χ1n) is 10.4. The zero-order chi connectivity index (χ0) is 20.9. The summed E-state index contributed by atoms with van der Waals surface area (Å²) < 4.78 is 28.9. The van der Waals surface area contributed by atoms with Crippen LogP contribution < -0.4 is 5.73 Å². The molecule has 0 unspecified atom stereocenters. The predicted octanol–water partition coefficient (Wildman–Crippen LogP) is 4.07. The number of phenolic OH excluding ortho intramolecular Hbond substituents is 1. The van der Waals surface area contributed by atoms with E-state index in [0.29, 0.717) is 30.9 Å². The average Bonchev–Trinajstić information content (AvgIpc) is 3.06. The summed E-state index contributed by atoms with van der Waals surface area (Å²) in [5.74, 6) is -1.38. The first kappa shape index (κ1) is 19.2. The Labute approximate surface area is 173 Å². The van der Waals surface area contributed by atoms with Crippen LogP contribution in [0.2, 0.25) is 0 Å². The lowest BCUT2D eigenvalue weighted by molar-refractivity contribution is -0.0603. The lowest BCUT2D eigenvalue weighted by Crippen LogP contribution is -2.44. The van der Waals surface area contributed by atoms with Crippen molar-refractivity contribution in [3.63, 3.8) is 0 Å². The number of piperidine rings is 1. The van der Waals surface area contributed by atoms with Crippen molar-refractivity contribution in [2.75, 3.05) is 25.4 Å². The Morgan fingerprint density at radius 3 is 2.67 bits per heavy atom. The van der Waals surface area contributed by atoms with Crippen LogP contribution in [0.5, 0.6) is 5.75 Å². The van der Waals surface area contributed by atoms with Crippen LogP contribution in [-0.4, -0.2) is 50.1 Å². The van der Waals surface area contributed by atoms with Crippen molar-refractivity contribution in [1.29, 1.82) is 0 Å². The average molecular weight is 413 g/mol. The highest BCUT2D eigenvalue weighted by atomic mass is 19.3. The van der Waals surface area contributed by atoms with Crippen LogP contribution in [0.3, 0.4) is 0 Å². The number of likely N-dealkylation sites (tertiary alicyclic amines) is 1. The molecule has 1 aliphatic heterocycles. The Morgan fingerprint density at radius 2 is 1.93 bits per heavy atom. The number of nitrogen functional groups attached to an aromatic ring is 1. The molecule has 0 amide bonds. The molecule has 3 N–H and O–H groups in total. The molecule has 1 saturated carbocycles. The van der Waals surface area contributed by atoms with Crippen LogP contribution in [0.25, 0.3) is 22.2 Å². The predicted molar refractivity (Wildman–Crippen MR) is 111 cm³/mol. The summed E-state index contributed by atoms with van der Waals surface area (Å²) in [4.78, 5) is 10.8. The number of phenols is 1. The second kappa shape index (κ2) is 7.19. The van der Waals surface area contributed by atoms with Crippen molar-refractivity contribution >= 4 is 16.9 Å². The minimum atomic E-state index is -2.50. The summed E-state index contributed by atoms with van der Waals surface area (Å²) in [6.07, 6.45) is 5.43. The molecule has 0 bridgehead atoms. The summed E-state index contributed by atoms with van der Waals surface area (Å²) >= 11 is 0. The zero-order valence-electron chi connectivity index (χ0n) is 16.6. The van der Waals surface area contributed by atoms with Gasteiger partial charge in [0.2, 0.25) is 0 Å². The maximum atomic E-state index is 13.4. The summed E-state index contributed by atoms with van der Waals surface area (Å²) in [6, 6.07) is 7.37. The van der Waals surface area contributed by atoms with Crippen molar-refractivity contribution in [2.24, 2.45) is 5.92 Å². The molecule has 0 atom stereocenters. The molecule has 158 valence electrons. The summed E-state index contributed by atoms with van der Waals surface area (Å²) in [6.45, 7) is 1.83. The van der Waals surface area contributed by atoms with E-state index in [-0.39, 0.29) is 18.6 Å². The van der Waals surface area contributed by atoms with E-state index >= 15 is 0 Å². The third-order valence-corrected chi connectivity index (χ3v) is 6.50. The van der Waals surface area contributed by atoms with Crippen LogP contribution in [-0.2, 0) is 0 Å². The number of hydrogen-bond donors (Lipinski definition) is 2. The molecule has 30 heavy (non-hydrogen) atoms. The van der Waals surface area contributed by atoms with E-state index in [1.807, 2.05) is 12.3 Å². The molecule has 0 radical (unpaired) electrons. The summed E-state index contributed by atoms with van der Waals surface area (Å²) in [5.41, 5.74) is 8.75. The molecule has 1 aromatic carbocycles. The van der Waals surface area contributed by atoms with Gasteiger partial charge in [0.1, 0.15) is 23.5 Å². The molecule has 1 aliphatic carbocycles. The van der Waals surface area contributed by atoms with Crippen LogP contribution in [0.4, 0.5) is 14.6 Å². The molecule has 1 saturated heterocycles. The number of fused-ring (bicyclic) bond motifs is 1. The van der Waals surface area contributed by atoms with Crippen molar-refractivity contribution in [3.05, 3.63) is 36.8 Å². The van der Waals surface area contributed by atoms with Crippen LogP contribution >= 0.6 is 0 Å². The number of aromatic nitrogens is 3. The highest BCUT2D eigenvalue weighted by Gasteiger charge is 2.37. The monoisotopic (exact) mass is 413 g/mol. The number of aromatic hydroxyl groups is 1. The van der Waals surface area contributed by atoms with Crippen LogP contribution in [0.15, 0.2) is 36.8 Å². The Morgan fingerprint density at radius 1 is 1.17 bits per heavy atom. The van der Waals surface area contributed by atoms with Crippen molar-refractivity contribution in [2.45, 2.75) is 37.6 Å². The third kappa shape index (κ3) is 3.49. The number of nitrogens with two attached hydrogens (primary N) is 1. The highest BCUT2D eigenvalue weighted by molar-refractivity contribution is 6.00. The second-order valence-corrected chi connectivity index (χ2v) is 8.61. The molecule has 2 aromatic heterocycles. The number of hydrogen-bond acceptors (Lipinski definition) is 5. The molecule has 2 aliphatic rings. The fourth-order valence-electron chi connectivity index (χ4n) is 4.78. The van der Waals surface area contributed by atoms with Gasteiger partial charge in [-0.2, -0.15) is 0 Å². The maximum absolute atomic E-state index is 13.4. The smallest absolute Gasteiger partial charge is 0.250 e. The van der Waals surface area contributed by atoms with Gasteiger partial charge in [-0.05, 0) is 36.5 Å². The van der Waals surface area contributed by atoms with E-state index in [4.69, 9.17) is 5.73 Å². The minimum absolute atomic E-state index is 0.0329. The van der Waals surface area contributed by atoms with Crippen molar-refractivity contribution < 1.29 is 13.9 Å². The van der Waals surface area contributed by atoms with Gasteiger partial charge in [0.25, 0.3) is 5.92 Å². The number of halogens is 2. The largest absolute Gasteiger partial charge is 0.508 e. The van der Waals surface area contributed by atoms with E-state index in [1.54, 1.807) is 18.2 Å². The van der Waals surface area contributed by atoms with E-state index in [1.165, 1.54) is 6.33 Å². The van der Waals surface area contributed by atoms with E-state index in [0.717, 1.165) is 41.5 Å². The maximum Gasteiger partial charge on any atom is 0.250 e. The zero-order valence-corrected chi connectivity index (χ0v) is 16.6. The van der Waals surface area contributed by atoms with E-state index in [9.17, 15) is 13.9 Å². The highest BCUT2D eigenvalue weighted by Crippen LogP contribution is 2.43. The molecular weight excluding hydrogens is 388 g/mol. The van der Waals surface area contributed by atoms with Gasteiger partial charge in [-0.1, -0.05) is 12.1 Å². The minimum Gasteiger partial charge on any atom is -0.508 e. The number of anilines is 1. The molecule has 0 spiro atoms. The normalized spacial score (nSPS) is 24.1. The van der Waals surface area contributed by atoms with Gasteiger partial charge >= 0.3 is 0 Å². The van der Waals surface area contributed by atoms with Gasteiger partial charge in [-0.15, -0.1) is 0 Å². The summed E-state index contributed by atoms with van der Waals surface area (Å²) in [5, 5.41) is 10.7. The topological polar surface area (TPSA) is 80.2 Å². The molecule has 2 fully saturated rings. The SMILES string of the molecule is Nc1ncnc2c1c(-c1cccc(O)c1)cn2C1CC(CN2CCC(F)(F)CC2)C1. The fraction of sp³-hybridized carbons (Fsp3) is 0.455. The Balaban J connectivity index is 1.36. The van der Waals surface area contributed by atoms with Crippen LogP contribution in [0, 0.1) is 5.92 Å². The van der Waals surface area contributed by atoms with Gasteiger partial charge in [-0.3, -0.25) is 0 Å². The van der Waals surface area contributed by atoms with Gasteiger partial charge in [0, 0.05) is 50.3 Å². The lowest BCUT2D eigenvalue weighted by Gasteiger charge is -2.41. The number of benzene rings is 1. The Kier molecular flexibility index (Phi) is 4.61. The third-order valence-electron chi connectivity index (χ3n) is 6.50. The van der Waals surface area contributed by atoms with Crippen molar-refractivity contribution in [3.8, 4) is 16.9 Å². The first-order chi connectivity index (χ1) is 14.4. The standard InChI is InChI=1S/C22H25F2N5O/c23-22(24)4-6-28(7-5-22)11-14-8-16(9-14)29-12-18(15-2-1-3-17(30)10-15)19-20(25)26-13-27-21(19)29/h1-3,10,12-14,16,30H,4-9,11H2,(H2,25,26,27). The van der Waals surface area contributed by atoms with Crippen LogP contribution in [0.1, 0.15) is 31.7 Å². The Hall–Kier alpha value is -2.74. The van der Waals surface area contributed by atoms with Gasteiger partial charge in [0.05, 0.1) is 5.39 Å². The van der Waals surface area contributed by atoms with E-state index < -0.39 is 5.92 Å². The molecular formula is C22H25F2N5O. The molecule has 8 heteroatoms. The second-order valence-electron chi connectivity index (χ2n) is 8.61. The molecule has 3 aromatic rings. The quantitative estimate of drug-likeness (QED) is 0.674. The van der Waals surface area contributed by atoms with Gasteiger partial charge in [-0.25, -0.2) is 18.7 Å². The number of rotatable bonds is 4. The molecule has 3 heterocycles.